The molecule has 2 aromatic heterocycles. The SMILES string of the molecule is O=C(Nc1ccc(Br)cc1)Nc1ccc(Nc2nccc(Nc3cc(C4CC4)[nH]n3)n2)cc1. The van der Waals surface area contributed by atoms with E-state index in [1.165, 1.54) is 12.8 Å². The van der Waals surface area contributed by atoms with Gasteiger partial charge >= 0.3 is 6.03 Å². The van der Waals surface area contributed by atoms with Gasteiger partial charge in [-0.25, -0.2) is 9.78 Å². The number of nitrogens with one attached hydrogen (secondary N) is 5. The van der Waals surface area contributed by atoms with E-state index in [4.69, 9.17) is 0 Å². The van der Waals surface area contributed by atoms with Crippen molar-refractivity contribution in [3.63, 3.8) is 0 Å². The van der Waals surface area contributed by atoms with Crippen molar-refractivity contribution in [3.8, 4) is 0 Å². The second-order valence-corrected chi connectivity index (χ2v) is 8.58. The number of benzene rings is 2. The number of nitrogens with zero attached hydrogens (tertiary/aromatic N) is 3. The number of hydrogen-bond acceptors (Lipinski definition) is 6. The summed E-state index contributed by atoms with van der Waals surface area (Å²) in [5.74, 6) is 2.44. The number of urea groups is 1. The van der Waals surface area contributed by atoms with Gasteiger partial charge in [0.2, 0.25) is 5.95 Å². The maximum absolute atomic E-state index is 12.2. The Hall–Kier alpha value is -3.92. The molecular weight excluding hydrogens is 484 g/mol. The lowest BCUT2D eigenvalue weighted by Gasteiger charge is -2.10. The normalized spacial score (nSPS) is 12.8. The Labute approximate surface area is 198 Å². The molecule has 0 bridgehead atoms. The molecule has 1 aliphatic carbocycles. The first kappa shape index (κ1) is 21.0. The molecule has 0 aliphatic heterocycles. The molecule has 1 aliphatic rings. The standard InChI is InChI=1S/C23H21BrN8O/c24-15-3-5-17(6-4-15)27-23(33)28-18-9-7-16(8-10-18)26-22-25-12-11-20(30-22)29-21-13-19(31-32-21)14-1-2-14/h3-14H,1-2H2,(H2,27,28,33)(H3,25,26,29,30,31,32). The third-order valence-corrected chi connectivity index (χ3v) is 5.56. The maximum Gasteiger partial charge on any atom is 0.323 e. The quantitative estimate of drug-likeness (QED) is 0.211. The van der Waals surface area contributed by atoms with Crippen molar-refractivity contribution in [2.45, 2.75) is 18.8 Å². The largest absolute Gasteiger partial charge is 0.324 e. The highest BCUT2D eigenvalue weighted by Gasteiger charge is 2.25. The molecule has 0 unspecified atom stereocenters. The van der Waals surface area contributed by atoms with Crippen LogP contribution in [0, 0.1) is 0 Å². The molecule has 9 nitrogen and oxygen atoms in total. The molecular formula is C23H21BrN8O. The molecule has 2 aromatic carbocycles. The smallest absolute Gasteiger partial charge is 0.323 e. The molecule has 0 atom stereocenters. The zero-order valence-corrected chi connectivity index (χ0v) is 19.1. The Bertz CT molecular complexity index is 1250. The summed E-state index contributed by atoms with van der Waals surface area (Å²) in [5.41, 5.74) is 3.32. The highest BCUT2D eigenvalue weighted by atomic mass is 79.9. The van der Waals surface area contributed by atoms with Crippen molar-refractivity contribution in [3.05, 3.63) is 77.0 Å². The lowest BCUT2D eigenvalue weighted by atomic mass is 10.3. The summed E-state index contributed by atoms with van der Waals surface area (Å²) < 4.78 is 0.950. The molecule has 0 spiro atoms. The molecule has 166 valence electrons. The van der Waals surface area contributed by atoms with Gasteiger partial charge in [-0.1, -0.05) is 15.9 Å². The van der Waals surface area contributed by atoms with E-state index in [9.17, 15) is 4.79 Å². The van der Waals surface area contributed by atoms with Crippen molar-refractivity contribution in [2.75, 3.05) is 21.3 Å². The van der Waals surface area contributed by atoms with Crippen molar-refractivity contribution in [1.29, 1.82) is 0 Å². The third kappa shape index (κ3) is 5.66. The van der Waals surface area contributed by atoms with E-state index in [-0.39, 0.29) is 6.03 Å². The van der Waals surface area contributed by atoms with Crippen LogP contribution >= 0.6 is 15.9 Å². The van der Waals surface area contributed by atoms with Gasteiger partial charge in [0.25, 0.3) is 0 Å². The van der Waals surface area contributed by atoms with Crippen LogP contribution in [-0.4, -0.2) is 26.2 Å². The van der Waals surface area contributed by atoms with E-state index in [1.807, 2.05) is 42.5 Å². The molecule has 0 radical (unpaired) electrons. The molecule has 2 amide bonds. The fourth-order valence-electron chi connectivity index (χ4n) is 3.22. The fraction of sp³-hybridized carbons (Fsp3) is 0.130. The predicted molar refractivity (Wildman–Crippen MR) is 132 cm³/mol. The maximum atomic E-state index is 12.2. The van der Waals surface area contributed by atoms with Gasteiger partial charge in [-0.2, -0.15) is 10.1 Å². The number of carbonyl (C=O) groups excluding carboxylic acids is 1. The van der Waals surface area contributed by atoms with Gasteiger partial charge in [-0.3, -0.25) is 5.10 Å². The topological polar surface area (TPSA) is 120 Å². The zero-order valence-electron chi connectivity index (χ0n) is 17.5. The minimum Gasteiger partial charge on any atom is -0.324 e. The third-order valence-electron chi connectivity index (χ3n) is 5.03. The van der Waals surface area contributed by atoms with E-state index >= 15 is 0 Å². The van der Waals surface area contributed by atoms with Crippen molar-refractivity contribution >= 4 is 56.6 Å². The van der Waals surface area contributed by atoms with Crippen LogP contribution in [-0.2, 0) is 0 Å². The molecule has 5 N–H and O–H groups in total. The second kappa shape index (κ2) is 9.29. The molecule has 1 fully saturated rings. The molecule has 2 heterocycles. The summed E-state index contributed by atoms with van der Waals surface area (Å²) in [6.45, 7) is 0. The van der Waals surface area contributed by atoms with Gasteiger partial charge in [-0.15, -0.1) is 0 Å². The lowest BCUT2D eigenvalue weighted by molar-refractivity contribution is 0.262. The van der Waals surface area contributed by atoms with Crippen LogP contribution in [0.25, 0.3) is 0 Å². The van der Waals surface area contributed by atoms with Crippen LogP contribution in [0.5, 0.6) is 0 Å². The van der Waals surface area contributed by atoms with Gasteiger partial charge in [-0.05, 0) is 67.4 Å². The van der Waals surface area contributed by atoms with E-state index in [2.05, 4.69) is 57.4 Å². The van der Waals surface area contributed by atoms with Gasteiger partial charge in [0, 0.05) is 45.4 Å². The van der Waals surface area contributed by atoms with Gasteiger partial charge in [0.05, 0.1) is 0 Å². The number of rotatable bonds is 7. The Morgan fingerprint density at radius 2 is 1.55 bits per heavy atom. The molecule has 4 aromatic rings. The Balaban J connectivity index is 1.17. The Morgan fingerprint density at radius 1 is 0.879 bits per heavy atom. The number of H-pyrrole nitrogens is 1. The first-order chi connectivity index (χ1) is 16.1. The number of aromatic nitrogens is 4. The average molecular weight is 505 g/mol. The van der Waals surface area contributed by atoms with Gasteiger partial charge in [0.15, 0.2) is 5.82 Å². The molecule has 33 heavy (non-hydrogen) atoms. The van der Waals surface area contributed by atoms with Crippen molar-refractivity contribution < 1.29 is 4.79 Å². The van der Waals surface area contributed by atoms with Crippen LogP contribution in [0.2, 0.25) is 0 Å². The van der Waals surface area contributed by atoms with Gasteiger partial charge < -0.3 is 21.3 Å². The number of hydrogen-bond donors (Lipinski definition) is 5. The van der Waals surface area contributed by atoms with Crippen LogP contribution in [0.4, 0.5) is 39.4 Å². The van der Waals surface area contributed by atoms with Crippen molar-refractivity contribution in [1.82, 2.24) is 20.2 Å². The summed E-state index contributed by atoms with van der Waals surface area (Å²) in [7, 11) is 0. The minimum atomic E-state index is -0.316. The van der Waals surface area contributed by atoms with E-state index in [1.54, 1.807) is 24.4 Å². The highest BCUT2D eigenvalue weighted by molar-refractivity contribution is 9.10. The molecule has 0 saturated heterocycles. The van der Waals surface area contributed by atoms with Crippen LogP contribution < -0.4 is 21.3 Å². The average Bonchev–Trinajstić information content (AvgIpc) is 3.56. The molecule has 10 heteroatoms. The zero-order chi connectivity index (χ0) is 22.6. The van der Waals surface area contributed by atoms with Crippen LogP contribution in [0.15, 0.2) is 71.3 Å². The lowest BCUT2D eigenvalue weighted by Crippen LogP contribution is -2.19. The highest BCUT2D eigenvalue weighted by Crippen LogP contribution is 2.39. The number of aromatic amines is 1. The van der Waals surface area contributed by atoms with E-state index in [0.29, 0.717) is 29.1 Å². The summed E-state index contributed by atoms with van der Waals surface area (Å²) in [5, 5.41) is 19.3. The summed E-state index contributed by atoms with van der Waals surface area (Å²) in [6, 6.07) is 18.1. The van der Waals surface area contributed by atoms with Crippen LogP contribution in [0.1, 0.15) is 24.5 Å². The minimum absolute atomic E-state index is 0.316. The number of amides is 2. The van der Waals surface area contributed by atoms with Gasteiger partial charge in [0.1, 0.15) is 5.82 Å². The van der Waals surface area contributed by atoms with E-state index in [0.717, 1.165) is 21.7 Å². The number of anilines is 6. The summed E-state index contributed by atoms with van der Waals surface area (Å²) >= 11 is 3.37. The summed E-state index contributed by atoms with van der Waals surface area (Å²) in [6.07, 6.45) is 4.11. The monoisotopic (exact) mass is 504 g/mol. The Kier molecular flexibility index (Phi) is 5.90. The second-order valence-electron chi connectivity index (χ2n) is 7.66. The molecule has 1 saturated carbocycles. The first-order valence-electron chi connectivity index (χ1n) is 10.5. The first-order valence-corrected chi connectivity index (χ1v) is 11.3. The number of halogens is 1. The summed E-state index contributed by atoms with van der Waals surface area (Å²) in [4.78, 5) is 20.9. The fourth-order valence-corrected chi connectivity index (χ4v) is 3.48. The van der Waals surface area contributed by atoms with E-state index < -0.39 is 0 Å². The molecule has 5 rings (SSSR count). The van der Waals surface area contributed by atoms with Crippen LogP contribution in [0.3, 0.4) is 0 Å². The Morgan fingerprint density at radius 3 is 2.24 bits per heavy atom. The predicted octanol–water partition coefficient (Wildman–Crippen LogP) is 5.97. The number of carbonyl (C=O) groups is 1. The van der Waals surface area contributed by atoms with Crippen molar-refractivity contribution in [2.24, 2.45) is 0 Å².